The molecular weight excluding hydrogens is 212 g/mol. The first-order valence-corrected chi connectivity index (χ1v) is 6.69. The molecule has 1 fully saturated rings. The summed E-state index contributed by atoms with van der Waals surface area (Å²) in [6.45, 7) is 15.1. The lowest BCUT2D eigenvalue weighted by Crippen LogP contribution is -2.59. The number of hydrogen-bond donors (Lipinski definition) is 0. The largest absolute Gasteiger partial charge is 0.325 e. The van der Waals surface area contributed by atoms with Crippen molar-refractivity contribution in [1.29, 1.82) is 0 Å². The monoisotopic (exact) mass is 240 g/mol. The first-order chi connectivity index (χ1) is 7.67. The van der Waals surface area contributed by atoms with Gasteiger partial charge in [-0.2, -0.15) is 0 Å². The number of carbonyl (C=O) groups excluding carboxylic acids is 1. The maximum Gasteiger partial charge on any atom is 0.319 e. The molecule has 3 heteroatoms. The summed E-state index contributed by atoms with van der Waals surface area (Å²) >= 11 is 0. The second-order valence-electron chi connectivity index (χ2n) is 6.57. The summed E-state index contributed by atoms with van der Waals surface area (Å²) in [5.41, 5.74) is 0.327. The highest BCUT2D eigenvalue weighted by atomic mass is 16.2. The molecule has 0 bridgehead atoms. The van der Waals surface area contributed by atoms with Crippen molar-refractivity contribution in [3.05, 3.63) is 0 Å². The molecule has 1 aliphatic heterocycles. The van der Waals surface area contributed by atoms with Gasteiger partial charge in [0.1, 0.15) is 0 Å². The van der Waals surface area contributed by atoms with Gasteiger partial charge in [0.25, 0.3) is 0 Å². The van der Waals surface area contributed by atoms with Gasteiger partial charge in [0.05, 0.1) is 0 Å². The van der Waals surface area contributed by atoms with E-state index < -0.39 is 0 Å². The fourth-order valence-corrected chi connectivity index (χ4v) is 2.02. The number of likely N-dealkylation sites (tertiary alicyclic amines) is 1. The van der Waals surface area contributed by atoms with Crippen LogP contribution < -0.4 is 0 Å². The summed E-state index contributed by atoms with van der Waals surface area (Å²) in [6, 6.07) is 0.454. The van der Waals surface area contributed by atoms with E-state index in [2.05, 4.69) is 27.7 Å². The lowest BCUT2D eigenvalue weighted by Gasteiger charge is -2.50. The maximum absolute atomic E-state index is 12.1. The lowest BCUT2D eigenvalue weighted by molar-refractivity contribution is 0.00397. The van der Waals surface area contributed by atoms with Crippen LogP contribution in [0, 0.1) is 17.3 Å². The van der Waals surface area contributed by atoms with Crippen LogP contribution in [0.1, 0.15) is 41.5 Å². The lowest BCUT2D eigenvalue weighted by atomic mass is 9.67. The number of hydrogen-bond acceptors (Lipinski definition) is 1. The van der Waals surface area contributed by atoms with E-state index in [1.807, 2.05) is 30.7 Å². The molecule has 0 aromatic carbocycles. The number of amides is 2. The van der Waals surface area contributed by atoms with Crippen molar-refractivity contribution in [3.8, 4) is 0 Å². The molecule has 0 atom stereocenters. The second-order valence-corrected chi connectivity index (χ2v) is 6.57. The quantitative estimate of drug-likeness (QED) is 0.743. The van der Waals surface area contributed by atoms with Gasteiger partial charge < -0.3 is 9.80 Å². The predicted molar refractivity (Wildman–Crippen MR) is 72.0 cm³/mol. The summed E-state index contributed by atoms with van der Waals surface area (Å²) in [7, 11) is 1.88. The Labute approximate surface area is 106 Å². The standard InChI is InChI=1S/C14H28N2O/c1-10(2)14(5,6)12-8-16(9-12)13(17)15(7)11(3)4/h10-12H,8-9H2,1-7H3. The highest BCUT2D eigenvalue weighted by Crippen LogP contribution is 2.40. The van der Waals surface area contributed by atoms with Crippen molar-refractivity contribution in [2.24, 2.45) is 17.3 Å². The van der Waals surface area contributed by atoms with Crippen LogP contribution in [0.25, 0.3) is 0 Å². The molecule has 1 heterocycles. The van der Waals surface area contributed by atoms with Crippen LogP contribution in [0.5, 0.6) is 0 Å². The smallest absolute Gasteiger partial charge is 0.319 e. The van der Waals surface area contributed by atoms with Gasteiger partial charge in [-0.25, -0.2) is 4.79 Å². The zero-order chi connectivity index (χ0) is 13.4. The van der Waals surface area contributed by atoms with E-state index in [1.54, 1.807) is 0 Å². The molecule has 0 aliphatic carbocycles. The summed E-state index contributed by atoms with van der Waals surface area (Å²) in [4.78, 5) is 15.8. The number of rotatable bonds is 3. The van der Waals surface area contributed by atoms with Gasteiger partial charge in [-0.1, -0.05) is 27.7 Å². The minimum atomic E-state index is 0.177. The second kappa shape index (κ2) is 4.87. The van der Waals surface area contributed by atoms with E-state index in [-0.39, 0.29) is 12.1 Å². The highest BCUT2D eigenvalue weighted by Gasteiger charge is 2.43. The van der Waals surface area contributed by atoms with E-state index in [0.717, 1.165) is 13.1 Å². The third kappa shape index (κ3) is 2.75. The molecule has 0 aromatic rings. The van der Waals surface area contributed by atoms with Crippen LogP contribution in [0.3, 0.4) is 0 Å². The topological polar surface area (TPSA) is 23.6 Å². The zero-order valence-electron chi connectivity index (χ0n) is 12.4. The Bertz CT molecular complexity index is 278. The summed E-state index contributed by atoms with van der Waals surface area (Å²) in [5.74, 6) is 1.31. The Morgan fingerprint density at radius 2 is 1.71 bits per heavy atom. The third-order valence-electron chi connectivity index (χ3n) is 4.77. The third-order valence-corrected chi connectivity index (χ3v) is 4.77. The van der Waals surface area contributed by atoms with Crippen molar-refractivity contribution in [1.82, 2.24) is 9.80 Å². The van der Waals surface area contributed by atoms with Gasteiger partial charge in [-0.05, 0) is 31.1 Å². The molecule has 1 aliphatic rings. The molecule has 1 rings (SSSR count). The number of urea groups is 1. The van der Waals surface area contributed by atoms with E-state index in [1.165, 1.54) is 0 Å². The normalized spacial score (nSPS) is 17.6. The molecule has 0 N–H and O–H groups in total. The van der Waals surface area contributed by atoms with Crippen molar-refractivity contribution in [2.75, 3.05) is 20.1 Å². The van der Waals surface area contributed by atoms with Gasteiger partial charge in [-0.15, -0.1) is 0 Å². The van der Waals surface area contributed by atoms with Crippen LogP contribution in [-0.2, 0) is 0 Å². The van der Waals surface area contributed by atoms with E-state index in [0.29, 0.717) is 17.3 Å². The van der Waals surface area contributed by atoms with Gasteiger partial charge in [-0.3, -0.25) is 0 Å². The SMILES string of the molecule is CC(C)N(C)C(=O)N1CC(C(C)(C)C(C)C)C1. The fraction of sp³-hybridized carbons (Fsp3) is 0.929. The summed E-state index contributed by atoms with van der Waals surface area (Å²) in [5, 5.41) is 0. The highest BCUT2D eigenvalue weighted by molar-refractivity contribution is 5.75. The molecule has 17 heavy (non-hydrogen) atoms. The molecule has 2 amide bonds. The summed E-state index contributed by atoms with van der Waals surface area (Å²) in [6.07, 6.45) is 0. The number of carbonyl (C=O) groups is 1. The van der Waals surface area contributed by atoms with Crippen molar-refractivity contribution in [3.63, 3.8) is 0 Å². The molecule has 0 spiro atoms. The van der Waals surface area contributed by atoms with Crippen LogP contribution in [0.2, 0.25) is 0 Å². The van der Waals surface area contributed by atoms with Crippen molar-refractivity contribution >= 4 is 6.03 Å². The molecule has 100 valence electrons. The average Bonchev–Trinajstić information content (AvgIpc) is 2.12. The summed E-state index contributed by atoms with van der Waals surface area (Å²) < 4.78 is 0. The van der Waals surface area contributed by atoms with E-state index in [9.17, 15) is 4.79 Å². The van der Waals surface area contributed by atoms with Gasteiger partial charge in [0.15, 0.2) is 0 Å². The Kier molecular flexibility index (Phi) is 4.11. The van der Waals surface area contributed by atoms with Gasteiger partial charge >= 0.3 is 6.03 Å². The number of nitrogens with zero attached hydrogens (tertiary/aromatic N) is 2. The molecule has 3 nitrogen and oxygen atoms in total. The van der Waals surface area contributed by atoms with Crippen LogP contribution in [0.15, 0.2) is 0 Å². The molecular formula is C14H28N2O. The maximum atomic E-state index is 12.1. The van der Waals surface area contributed by atoms with Crippen LogP contribution in [0.4, 0.5) is 4.79 Å². The van der Waals surface area contributed by atoms with Gasteiger partial charge in [0, 0.05) is 26.2 Å². The zero-order valence-corrected chi connectivity index (χ0v) is 12.4. The Balaban J connectivity index is 2.50. The first kappa shape index (κ1) is 14.3. The van der Waals surface area contributed by atoms with Gasteiger partial charge in [0.2, 0.25) is 0 Å². The Morgan fingerprint density at radius 1 is 1.24 bits per heavy atom. The molecule has 0 saturated carbocycles. The molecule has 0 radical (unpaired) electrons. The minimum Gasteiger partial charge on any atom is -0.325 e. The molecule has 1 saturated heterocycles. The van der Waals surface area contributed by atoms with Crippen LogP contribution in [-0.4, -0.2) is 42.0 Å². The fourth-order valence-electron chi connectivity index (χ4n) is 2.02. The van der Waals surface area contributed by atoms with E-state index >= 15 is 0 Å². The predicted octanol–water partition coefficient (Wildman–Crippen LogP) is 3.06. The Morgan fingerprint density at radius 3 is 2.06 bits per heavy atom. The minimum absolute atomic E-state index is 0.177. The average molecular weight is 240 g/mol. The van der Waals surface area contributed by atoms with E-state index in [4.69, 9.17) is 0 Å². The molecule has 0 aromatic heterocycles. The molecule has 0 unspecified atom stereocenters. The van der Waals surface area contributed by atoms with Crippen molar-refractivity contribution in [2.45, 2.75) is 47.6 Å². The van der Waals surface area contributed by atoms with Crippen molar-refractivity contribution < 1.29 is 4.79 Å². The van der Waals surface area contributed by atoms with Crippen LogP contribution >= 0.6 is 0 Å². The first-order valence-electron chi connectivity index (χ1n) is 6.69. The Hall–Kier alpha value is -0.730.